The number of phenolic OH excluding ortho intramolecular Hbond substituents is 1. The Morgan fingerprint density at radius 2 is 2.09 bits per heavy atom. The summed E-state index contributed by atoms with van der Waals surface area (Å²) in [5.74, 6) is 1.27. The van der Waals surface area contributed by atoms with Crippen LogP contribution in [0.4, 0.5) is 19.0 Å². The SMILES string of the molecule is C#Cc1c(F)ccc2cc(O)cc(-c3ncc4c(N5C[C@H]6C[C@@H]5CO6)nc(OC[C@@]56CCCN5C[C@H](F)C6)nc4c3F)c12. The van der Waals surface area contributed by atoms with Gasteiger partial charge in [-0.2, -0.15) is 9.97 Å². The number of hydrogen-bond acceptors (Lipinski definition) is 8. The van der Waals surface area contributed by atoms with Gasteiger partial charge in [0.25, 0.3) is 0 Å². The molecule has 0 unspecified atom stereocenters. The second-order valence-electron chi connectivity index (χ2n) is 12.0. The number of phenols is 1. The first-order valence-electron chi connectivity index (χ1n) is 14.5. The number of nitrogens with zero attached hydrogens (tertiary/aromatic N) is 5. The summed E-state index contributed by atoms with van der Waals surface area (Å²) >= 11 is 0. The number of halogens is 3. The highest BCUT2D eigenvalue weighted by atomic mass is 19.1. The van der Waals surface area contributed by atoms with Gasteiger partial charge in [0, 0.05) is 36.7 Å². The van der Waals surface area contributed by atoms with E-state index >= 15 is 4.39 Å². The summed E-state index contributed by atoms with van der Waals surface area (Å²) in [5.41, 5.74) is -0.527. The molecule has 8 rings (SSSR count). The Balaban J connectivity index is 1.28. The van der Waals surface area contributed by atoms with Crippen molar-refractivity contribution >= 4 is 27.5 Å². The highest BCUT2D eigenvalue weighted by Gasteiger charge is 2.49. The van der Waals surface area contributed by atoms with Crippen LogP contribution in [0, 0.1) is 24.0 Å². The van der Waals surface area contributed by atoms with Gasteiger partial charge in [0.2, 0.25) is 0 Å². The number of aromatic nitrogens is 3. The van der Waals surface area contributed by atoms with Gasteiger partial charge in [-0.1, -0.05) is 12.0 Å². The molecule has 43 heavy (non-hydrogen) atoms. The number of ether oxygens (including phenoxy) is 2. The molecule has 4 fully saturated rings. The molecular weight excluding hydrogens is 559 g/mol. The Morgan fingerprint density at radius 1 is 1.21 bits per heavy atom. The van der Waals surface area contributed by atoms with Crippen molar-refractivity contribution in [3.05, 3.63) is 47.7 Å². The Kier molecular flexibility index (Phi) is 5.97. The molecule has 0 amide bonds. The molecule has 2 bridgehead atoms. The summed E-state index contributed by atoms with van der Waals surface area (Å²) < 4.78 is 57.8. The lowest BCUT2D eigenvalue weighted by molar-refractivity contribution is 0.0984. The molecule has 0 saturated carbocycles. The van der Waals surface area contributed by atoms with E-state index in [1.807, 2.05) is 0 Å². The molecular formula is C32H28F3N5O3. The third kappa shape index (κ3) is 4.11. The van der Waals surface area contributed by atoms with Gasteiger partial charge in [-0.05, 0) is 49.4 Å². The zero-order valence-corrected chi connectivity index (χ0v) is 23.2. The molecule has 11 heteroatoms. The van der Waals surface area contributed by atoms with Gasteiger partial charge in [0.05, 0.1) is 35.2 Å². The molecule has 1 N–H and O–H groups in total. The Labute approximate surface area is 245 Å². The van der Waals surface area contributed by atoms with E-state index in [-0.39, 0.29) is 58.2 Å². The number of anilines is 1. The Bertz CT molecular complexity index is 1850. The molecule has 6 heterocycles. The summed E-state index contributed by atoms with van der Waals surface area (Å²) in [5, 5.41) is 11.6. The van der Waals surface area contributed by atoms with Crippen LogP contribution in [-0.2, 0) is 4.74 Å². The van der Waals surface area contributed by atoms with Crippen LogP contribution in [0.2, 0.25) is 0 Å². The van der Waals surface area contributed by atoms with Gasteiger partial charge in [0.15, 0.2) is 5.82 Å². The lowest BCUT2D eigenvalue weighted by Crippen LogP contribution is -2.43. The molecule has 0 aliphatic carbocycles. The number of rotatable bonds is 5. The summed E-state index contributed by atoms with van der Waals surface area (Å²) in [4.78, 5) is 17.9. The van der Waals surface area contributed by atoms with Crippen molar-refractivity contribution in [2.75, 3.05) is 37.7 Å². The fourth-order valence-corrected chi connectivity index (χ4v) is 7.55. The standard InChI is InChI=1S/C32H28F3N5O3/c1-2-22-25(34)5-4-17-8-20(41)10-23(26(17)22)28-27(35)29-24(12-36-28)30(40-14-21-9-19(40)15-42-21)38-31(37-29)43-16-32-6-3-7-39(32)13-18(33)11-32/h1,4-5,8,10,12,18-19,21,41H,3,6-7,9,11,13-16H2/t18-,19-,21-,32+/m1/s1. The van der Waals surface area contributed by atoms with Crippen LogP contribution in [0.5, 0.6) is 11.8 Å². The number of benzene rings is 2. The molecule has 8 nitrogen and oxygen atoms in total. The summed E-state index contributed by atoms with van der Waals surface area (Å²) in [6.07, 6.45) is 9.26. The van der Waals surface area contributed by atoms with E-state index in [1.54, 1.807) is 0 Å². The lowest BCUT2D eigenvalue weighted by atomic mass is 9.95. The van der Waals surface area contributed by atoms with Crippen molar-refractivity contribution < 1.29 is 27.8 Å². The van der Waals surface area contributed by atoms with Crippen molar-refractivity contribution in [3.63, 3.8) is 0 Å². The molecule has 4 aliphatic rings. The zero-order chi connectivity index (χ0) is 29.5. The van der Waals surface area contributed by atoms with E-state index < -0.39 is 23.3 Å². The Hall–Kier alpha value is -4.14. The van der Waals surface area contributed by atoms with E-state index in [0.717, 1.165) is 25.8 Å². The highest BCUT2D eigenvalue weighted by Crippen LogP contribution is 2.42. The maximum Gasteiger partial charge on any atom is 0.319 e. The predicted molar refractivity (Wildman–Crippen MR) is 154 cm³/mol. The van der Waals surface area contributed by atoms with Crippen molar-refractivity contribution in [1.82, 2.24) is 19.9 Å². The lowest BCUT2D eigenvalue weighted by Gasteiger charge is -2.31. The summed E-state index contributed by atoms with van der Waals surface area (Å²) in [6, 6.07) is 5.49. The maximum absolute atomic E-state index is 16.7. The predicted octanol–water partition coefficient (Wildman–Crippen LogP) is 4.74. The zero-order valence-electron chi connectivity index (χ0n) is 23.2. The minimum Gasteiger partial charge on any atom is -0.508 e. The number of fused-ring (bicyclic) bond motifs is 5. The van der Waals surface area contributed by atoms with Gasteiger partial charge in [-0.25, -0.2) is 13.2 Å². The van der Waals surface area contributed by atoms with Crippen molar-refractivity contribution in [3.8, 4) is 35.4 Å². The fourth-order valence-electron chi connectivity index (χ4n) is 7.55. The number of terminal acetylenes is 1. The second-order valence-corrected chi connectivity index (χ2v) is 12.0. The molecule has 2 aromatic carbocycles. The smallest absolute Gasteiger partial charge is 0.319 e. The molecule has 220 valence electrons. The van der Waals surface area contributed by atoms with Gasteiger partial charge in [-0.3, -0.25) is 9.88 Å². The summed E-state index contributed by atoms with van der Waals surface area (Å²) in [7, 11) is 0. The van der Waals surface area contributed by atoms with E-state index in [0.29, 0.717) is 42.7 Å². The normalized spacial score (nSPS) is 26.5. The van der Waals surface area contributed by atoms with Gasteiger partial charge in [0.1, 0.15) is 41.4 Å². The molecule has 4 aliphatic heterocycles. The maximum atomic E-state index is 16.7. The average molecular weight is 588 g/mol. The molecule has 4 atom stereocenters. The molecule has 0 radical (unpaired) electrons. The summed E-state index contributed by atoms with van der Waals surface area (Å²) in [6.45, 7) is 2.50. The van der Waals surface area contributed by atoms with Gasteiger partial charge >= 0.3 is 6.01 Å². The van der Waals surface area contributed by atoms with Crippen LogP contribution in [0.25, 0.3) is 32.9 Å². The Morgan fingerprint density at radius 3 is 2.88 bits per heavy atom. The van der Waals surface area contributed by atoms with Crippen LogP contribution < -0.4 is 9.64 Å². The van der Waals surface area contributed by atoms with Crippen molar-refractivity contribution in [1.29, 1.82) is 0 Å². The average Bonchev–Trinajstić information content (AvgIpc) is 3.77. The largest absolute Gasteiger partial charge is 0.508 e. The van der Waals surface area contributed by atoms with E-state index in [2.05, 4.69) is 25.7 Å². The first-order chi connectivity index (χ1) is 20.8. The monoisotopic (exact) mass is 587 g/mol. The third-order valence-electron chi connectivity index (χ3n) is 9.50. The molecule has 4 aromatic rings. The van der Waals surface area contributed by atoms with Crippen LogP contribution in [0.15, 0.2) is 30.5 Å². The number of hydrogen-bond donors (Lipinski definition) is 1. The van der Waals surface area contributed by atoms with E-state index in [1.165, 1.54) is 30.5 Å². The van der Waals surface area contributed by atoms with Crippen molar-refractivity contribution in [2.24, 2.45) is 0 Å². The number of morpholine rings is 1. The quantitative estimate of drug-likeness (QED) is 0.336. The number of pyridine rings is 1. The third-order valence-corrected chi connectivity index (χ3v) is 9.50. The minimum atomic E-state index is -0.918. The topological polar surface area (TPSA) is 83.8 Å². The molecule has 0 spiro atoms. The van der Waals surface area contributed by atoms with E-state index in [9.17, 15) is 13.9 Å². The van der Waals surface area contributed by atoms with Crippen LogP contribution in [-0.4, -0.2) is 81.7 Å². The highest BCUT2D eigenvalue weighted by molar-refractivity contribution is 6.03. The first-order valence-corrected chi connectivity index (χ1v) is 14.5. The van der Waals surface area contributed by atoms with Gasteiger partial charge in [-0.15, -0.1) is 6.42 Å². The van der Waals surface area contributed by atoms with Gasteiger partial charge < -0.3 is 19.5 Å². The van der Waals surface area contributed by atoms with E-state index in [4.69, 9.17) is 20.9 Å². The first kappa shape index (κ1) is 26.5. The van der Waals surface area contributed by atoms with Crippen LogP contribution in [0.1, 0.15) is 31.2 Å². The molecule has 2 aromatic heterocycles. The fraction of sp³-hybridized carbons (Fsp3) is 0.406. The minimum absolute atomic E-state index is 0.0121. The second kappa shape index (κ2) is 9.69. The number of aromatic hydroxyl groups is 1. The van der Waals surface area contributed by atoms with Crippen LogP contribution >= 0.6 is 0 Å². The number of alkyl halides is 1. The molecule has 4 saturated heterocycles. The van der Waals surface area contributed by atoms with Crippen molar-refractivity contribution in [2.45, 2.75) is 49.5 Å². The van der Waals surface area contributed by atoms with Crippen LogP contribution in [0.3, 0.4) is 0 Å².